The fraction of sp³-hybridized carbons (Fsp3) is 0.889. The van der Waals surface area contributed by atoms with Gasteiger partial charge in [0.1, 0.15) is 0 Å². The SMILES string of the molecule is CCN(CC)C(=S)NC1CCS(=O)(=O)C1. The molecule has 1 rings (SSSR count). The first kappa shape index (κ1) is 12.7. The fourth-order valence-electron chi connectivity index (χ4n) is 1.69. The number of hydrogen-bond donors (Lipinski definition) is 1. The number of thiocarbonyl (C=S) groups is 1. The summed E-state index contributed by atoms with van der Waals surface area (Å²) in [6, 6.07) is 0.00287. The Labute approximate surface area is 96.9 Å². The lowest BCUT2D eigenvalue weighted by atomic mass is 10.3. The predicted octanol–water partition coefficient (Wildman–Crippen LogP) is 0.390. The van der Waals surface area contributed by atoms with Crippen molar-refractivity contribution in [2.45, 2.75) is 26.3 Å². The predicted molar refractivity (Wildman–Crippen MR) is 65.7 cm³/mol. The molecule has 1 unspecified atom stereocenters. The van der Waals surface area contributed by atoms with Crippen molar-refractivity contribution in [3.05, 3.63) is 0 Å². The van der Waals surface area contributed by atoms with Gasteiger partial charge in [0.05, 0.1) is 11.5 Å². The molecule has 0 aromatic carbocycles. The third kappa shape index (κ3) is 3.61. The molecular formula is C9H18N2O2S2. The van der Waals surface area contributed by atoms with Crippen molar-refractivity contribution in [1.82, 2.24) is 10.2 Å². The molecule has 1 fully saturated rings. The van der Waals surface area contributed by atoms with Gasteiger partial charge in [-0.2, -0.15) is 0 Å². The van der Waals surface area contributed by atoms with E-state index in [0.717, 1.165) is 13.1 Å². The summed E-state index contributed by atoms with van der Waals surface area (Å²) in [6.07, 6.45) is 0.670. The smallest absolute Gasteiger partial charge is 0.169 e. The highest BCUT2D eigenvalue weighted by Crippen LogP contribution is 2.11. The lowest BCUT2D eigenvalue weighted by Gasteiger charge is -2.24. The quantitative estimate of drug-likeness (QED) is 0.734. The molecule has 0 aliphatic carbocycles. The standard InChI is InChI=1S/C9H18N2O2S2/c1-3-11(4-2)9(14)10-8-5-6-15(12,13)7-8/h8H,3-7H2,1-2H3,(H,10,14). The number of rotatable bonds is 3. The van der Waals surface area contributed by atoms with Gasteiger partial charge in [0.2, 0.25) is 0 Å². The summed E-state index contributed by atoms with van der Waals surface area (Å²) in [4.78, 5) is 2.01. The first-order valence-corrected chi connectivity index (χ1v) is 7.47. The second kappa shape index (κ2) is 5.12. The molecule has 1 atom stereocenters. The molecule has 0 radical (unpaired) electrons. The molecule has 0 saturated carbocycles. The highest BCUT2D eigenvalue weighted by molar-refractivity contribution is 7.91. The van der Waals surface area contributed by atoms with E-state index < -0.39 is 9.84 Å². The zero-order valence-corrected chi connectivity index (χ0v) is 10.8. The summed E-state index contributed by atoms with van der Waals surface area (Å²) in [5, 5.41) is 3.78. The second-order valence-electron chi connectivity index (χ2n) is 3.72. The van der Waals surface area contributed by atoms with E-state index in [2.05, 4.69) is 5.32 Å². The van der Waals surface area contributed by atoms with Gasteiger partial charge in [-0.1, -0.05) is 0 Å². The van der Waals surface area contributed by atoms with E-state index in [1.807, 2.05) is 18.7 Å². The number of nitrogens with one attached hydrogen (secondary N) is 1. The lowest BCUT2D eigenvalue weighted by molar-refractivity contribution is 0.447. The molecule has 4 nitrogen and oxygen atoms in total. The fourth-order valence-corrected chi connectivity index (χ4v) is 3.78. The van der Waals surface area contributed by atoms with Crippen LogP contribution in [0.15, 0.2) is 0 Å². The molecular weight excluding hydrogens is 232 g/mol. The van der Waals surface area contributed by atoms with Crippen LogP contribution in [-0.4, -0.2) is 49.1 Å². The summed E-state index contributed by atoms with van der Waals surface area (Å²) in [6.45, 7) is 5.76. The molecule has 6 heteroatoms. The van der Waals surface area contributed by atoms with Crippen LogP contribution in [0.1, 0.15) is 20.3 Å². The summed E-state index contributed by atoms with van der Waals surface area (Å²) >= 11 is 5.21. The van der Waals surface area contributed by atoms with E-state index >= 15 is 0 Å². The highest BCUT2D eigenvalue weighted by atomic mass is 32.2. The van der Waals surface area contributed by atoms with Gasteiger partial charge in [0.25, 0.3) is 0 Å². The van der Waals surface area contributed by atoms with E-state index in [0.29, 0.717) is 11.5 Å². The summed E-state index contributed by atoms with van der Waals surface area (Å²) in [5.41, 5.74) is 0. The molecule has 1 saturated heterocycles. The van der Waals surface area contributed by atoms with Crippen molar-refractivity contribution >= 4 is 27.2 Å². The van der Waals surface area contributed by atoms with Crippen LogP contribution in [0.25, 0.3) is 0 Å². The van der Waals surface area contributed by atoms with E-state index in [1.165, 1.54) is 0 Å². The van der Waals surface area contributed by atoms with E-state index in [1.54, 1.807) is 0 Å². The van der Waals surface area contributed by atoms with Crippen LogP contribution in [0.5, 0.6) is 0 Å². The monoisotopic (exact) mass is 250 g/mol. The Morgan fingerprint density at radius 1 is 1.47 bits per heavy atom. The largest absolute Gasteiger partial charge is 0.359 e. The van der Waals surface area contributed by atoms with Crippen LogP contribution in [0, 0.1) is 0 Å². The minimum atomic E-state index is -2.82. The number of nitrogens with zero attached hydrogens (tertiary/aromatic N) is 1. The maximum atomic E-state index is 11.2. The Hall–Kier alpha value is -0.360. The molecule has 1 aliphatic rings. The van der Waals surface area contributed by atoms with Gasteiger partial charge in [0, 0.05) is 19.1 Å². The van der Waals surface area contributed by atoms with Gasteiger partial charge in [0.15, 0.2) is 14.9 Å². The highest BCUT2D eigenvalue weighted by Gasteiger charge is 2.28. The van der Waals surface area contributed by atoms with Crippen LogP contribution in [-0.2, 0) is 9.84 Å². The molecule has 0 bridgehead atoms. The summed E-state index contributed by atoms with van der Waals surface area (Å²) < 4.78 is 22.5. The second-order valence-corrected chi connectivity index (χ2v) is 6.34. The van der Waals surface area contributed by atoms with Crippen molar-refractivity contribution < 1.29 is 8.42 Å². The van der Waals surface area contributed by atoms with Crippen molar-refractivity contribution in [2.75, 3.05) is 24.6 Å². The van der Waals surface area contributed by atoms with Crippen LogP contribution < -0.4 is 5.32 Å². The third-order valence-corrected chi connectivity index (χ3v) is 4.75. The Kier molecular flexibility index (Phi) is 4.33. The molecule has 0 aromatic heterocycles. The first-order chi connectivity index (χ1) is 6.98. The maximum absolute atomic E-state index is 11.2. The van der Waals surface area contributed by atoms with Crippen LogP contribution in [0.4, 0.5) is 0 Å². The Bertz CT molecular complexity index is 323. The van der Waals surface area contributed by atoms with Crippen molar-refractivity contribution in [3.63, 3.8) is 0 Å². The third-order valence-electron chi connectivity index (χ3n) is 2.61. The van der Waals surface area contributed by atoms with Gasteiger partial charge >= 0.3 is 0 Å². The molecule has 88 valence electrons. The Morgan fingerprint density at radius 3 is 2.47 bits per heavy atom. The average Bonchev–Trinajstić information content (AvgIpc) is 2.47. The minimum absolute atomic E-state index is 0.00287. The summed E-state index contributed by atoms with van der Waals surface area (Å²) in [5.74, 6) is 0.500. The molecule has 15 heavy (non-hydrogen) atoms. The molecule has 1 heterocycles. The van der Waals surface area contributed by atoms with Gasteiger partial charge < -0.3 is 10.2 Å². The number of hydrogen-bond acceptors (Lipinski definition) is 3. The Morgan fingerprint density at radius 2 is 2.07 bits per heavy atom. The maximum Gasteiger partial charge on any atom is 0.169 e. The van der Waals surface area contributed by atoms with Crippen LogP contribution >= 0.6 is 12.2 Å². The van der Waals surface area contributed by atoms with E-state index in [9.17, 15) is 8.42 Å². The normalized spacial score (nSPS) is 23.7. The molecule has 0 amide bonds. The van der Waals surface area contributed by atoms with E-state index in [-0.39, 0.29) is 17.5 Å². The first-order valence-electron chi connectivity index (χ1n) is 5.24. The molecule has 0 spiro atoms. The molecule has 1 N–H and O–H groups in total. The van der Waals surface area contributed by atoms with Crippen molar-refractivity contribution in [1.29, 1.82) is 0 Å². The molecule has 0 aromatic rings. The van der Waals surface area contributed by atoms with Crippen LogP contribution in [0.2, 0.25) is 0 Å². The summed E-state index contributed by atoms with van der Waals surface area (Å²) in [7, 11) is -2.82. The minimum Gasteiger partial charge on any atom is -0.359 e. The van der Waals surface area contributed by atoms with Gasteiger partial charge in [-0.05, 0) is 32.5 Å². The zero-order valence-electron chi connectivity index (χ0n) is 9.19. The van der Waals surface area contributed by atoms with Gasteiger partial charge in [-0.25, -0.2) is 8.42 Å². The molecule has 1 aliphatic heterocycles. The van der Waals surface area contributed by atoms with Gasteiger partial charge in [-0.15, -0.1) is 0 Å². The van der Waals surface area contributed by atoms with Crippen LogP contribution in [0.3, 0.4) is 0 Å². The topological polar surface area (TPSA) is 49.4 Å². The Balaban J connectivity index is 2.46. The zero-order chi connectivity index (χ0) is 11.5. The van der Waals surface area contributed by atoms with E-state index in [4.69, 9.17) is 12.2 Å². The van der Waals surface area contributed by atoms with Gasteiger partial charge in [-0.3, -0.25) is 0 Å². The number of sulfone groups is 1. The average molecular weight is 250 g/mol. The van der Waals surface area contributed by atoms with Crippen molar-refractivity contribution in [2.24, 2.45) is 0 Å². The van der Waals surface area contributed by atoms with Crippen molar-refractivity contribution in [3.8, 4) is 0 Å². The lowest BCUT2D eigenvalue weighted by Crippen LogP contribution is -2.44.